The minimum atomic E-state index is -0.221. The molecule has 12 heavy (non-hydrogen) atoms. The molecule has 1 heterocycles. The van der Waals surface area contributed by atoms with Crippen LogP contribution in [0, 0.1) is 6.92 Å². The van der Waals surface area contributed by atoms with Crippen molar-refractivity contribution in [2.45, 2.75) is 6.92 Å². The van der Waals surface area contributed by atoms with Crippen LogP contribution in [0.1, 0.15) is 5.56 Å². The van der Waals surface area contributed by atoms with Gasteiger partial charge >= 0.3 is 0 Å². The lowest BCUT2D eigenvalue weighted by Crippen LogP contribution is -2.22. The van der Waals surface area contributed by atoms with Gasteiger partial charge in [0.15, 0.2) is 7.85 Å². The van der Waals surface area contributed by atoms with E-state index in [1.807, 2.05) is 14.8 Å². The van der Waals surface area contributed by atoms with Crippen molar-refractivity contribution in [2.24, 2.45) is 5.73 Å². The van der Waals surface area contributed by atoms with E-state index in [0.717, 1.165) is 11.2 Å². The molecule has 0 saturated carbocycles. The van der Waals surface area contributed by atoms with E-state index in [1.54, 1.807) is 0 Å². The zero-order chi connectivity index (χ0) is 9.14. The zero-order valence-corrected chi connectivity index (χ0v) is 7.14. The standard InChI is InChI=1S/C6H11BN4O/c1-3-5(7)10-11-6(3)9-4(12)2-8/h2,7-8H2,1H3,(H2,9,10,11,12). The largest absolute Gasteiger partial charge is 0.322 e. The predicted octanol–water partition coefficient (Wildman–Crippen LogP) is -2.13. The third-order valence-electron chi connectivity index (χ3n) is 1.70. The van der Waals surface area contributed by atoms with Crippen molar-refractivity contribution in [1.82, 2.24) is 10.2 Å². The first-order chi connectivity index (χ1) is 5.65. The van der Waals surface area contributed by atoms with Crippen molar-refractivity contribution in [2.75, 3.05) is 11.9 Å². The summed E-state index contributed by atoms with van der Waals surface area (Å²) < 4.78 is 0. The highest BCUT2D eigenvalue weighted by Crippen LogP contribution is 2.04. The molecule has 0 atom stereocenters. The number of amides is 1. The topological polar surface area (TPSA) is 83.8 Å². The van der Waals surface area contributed by atoms with Gasteiger partial charge in [0, 0.05) is 11.2 Å². The fourth-order valence-corrected chi connectivity index (χ4v) is 0.801. The number of hydrogen-bond acceptors (Lipinski definition) is 3. The Labute approximate surface area is 71.1 Å². The molecule has 1 amide bonds. The second-order valence-corrected chi connectivity index (χ2v) is 2.56. The number of carbonyl (C=O) groups excluding carboxylic acids is 1. The van der Waals surface area contributed by atoms with Gasteiger partial charge in [-0.05, 0) is 6.92 Å². The molecule has 0 fully saturated rings. The highest BCUT2D eigenvalue weighted by molar-refractivity contribution is 6.32. The summed E-state index contributed by atoms with van der Waals surface area (Å²) >= 11 is 0. The molecule has 1 rings (SSSR count). The molecule has 6 heteroatoms. The van der Waals surface area contributed by atoms with Crippen molar-refractivity contribution in [1.29, 1.82) is 0 Å². The first-order valence-corrected chi connectivity index (χ1v) is 3.66. The number of rotatable bonds is 2. The second kappa shape index (κ2) is 3.40. The Kier molecular flexibility index (Phi) is 2.49. The summed E-state index contributed by atoms with van der Waals surface area (Å²) in [7, 11) is 1.87. The summed E-state index contributed by atoms with van der Waals surface area (Å²) in [6.07, 6.45) is 0. The van der Waals surface area contributed by atoms with E-state index in [-0.39, 0.29) is 12.5 Å². The third kappa shape index (κ3) is 1.65. The summed E-state index contributed by atoms with van der Waals surface area (Å²) in [6.45, 7) is 1.86. The van der Waals surface area contributed by atoms with Crippen LogP contribution in [0.4, 0.5) is 5.82 Å². The fraction of sp³-hybridized carbons (Fsp3) is 0.333. The average molecular weight is 166 g/mol. The maximum absolute atomic E-state index is 10.9. The van der Waals surface area contributed by atoms with Gasteiger partial charge in [-0.1, -0.05) is 0 Å². The normalized spacial score (nSPS) is 9.83. The number of H-pyrrole nitrogens is 1. The highest BCUT2D eigenvalue weighted by atomic mass is 16.1. The van der Waals surface area contributed by atoms with E-state index < -0.39 is 0 Å². The van der Waals surface area contributed by atoms with Crippen LogP contribution in [0.3, 0.4) is 0 Å². The minimum Gasteiger partial charge on any atom is -0.322 e. The van der Waals surface area contributed by atoms with Crippen molar-refractivity contribution >= 4 is 25.2 Å². The first kappa shape index (κ1) is 8.80. The number of nitrogens with one attached hydrogen (secondary N) is 2. The molecule has 0 saturated heterocycles. The van der Waals surface area contributed by atoms with Gasteiger partial charge in [-0.25, -0.2) is 0 Å². The zero-order valence-electron chi connectivity index (χ0n) is 7.14. The van der Waals surface area contributed by atoms with Crippen LogP contribution in [0.25, 0.3) is 0 Å². The first-order valence-electron chi connectivity index (χ1n) is 3.66. The summed E-state index contributed by atoms with van der Waals surface area (Å²) in [5.41, 5.74) is 6.95. The number of nitrogens with two attached hydrogens (primary N) is 1. The molecule has 0 bridgehead atoms. The Bertz CT molecular complexity index is 296. The Morgan fingerprint density at radius 3 is 2.92 bits per heavy atom. The SMILES string of the molecule is Bc1n[nH]c(NC(=O)CN)c1C. The van der Waals surface area contributed by atoms with Crippen molar-refractivity contribution in [3.63, 3.8) is 0 Å². The van der Waals surface area contributed by atoms with Crippen LogP contribution in [0.15, 0.2) is 0 Å². The lowest BCUT2D eigenvalue weighted by Gasteiger charge is -2.00. The van der Waals surface area contributed by atoms with Crippen LogP contribution in [0.2, 0.25) is 0 Å². The van der Waals surface area contributed by atoms with Gasteiger partial charge in [-0.15, -0.1) is 0 Å². The monoisotopic (exact) mass is 166 g/mol. The predicted molar refractivity (Wildman–Crippen MR) is 49.2 cm³/mol. The average Bonchev–Trinajstić information content (AvgIpc) is 2.36. The molecule has 0 aromatic carbocycles. The molecule has 0 spiro atoms. The number of carbonyl (C=O) groups is 1. The Morgan fingerprint density at radius 2 is 2.50 bits per heavy atom. The molecule has 64 valence electrons. The minimum absolute atomic E-state index is 0.0164. The van der Waals surface area contributed by atoms with Crippen LogP contribution in [-0.2, 0) is 4.79 Å². The Hall–Kier alpha value is -1.30. The van der Waals surface area contributed by atoms with Gasteiger partial charge < -0.3 is 11.1 Å². The van der Waals surface area contributed by atoms with E-state index in [9.17, 15) is 4.79 Å². The highest BCUT2D eigenvalue weighted by Gasteiger charge is 2.06. The van der Waals surface area contributed by atoms with E-state index in [4.69, 9.17) is 5.73 Å². The molecule has 1 aromatic heterocycles. The molecule has 4 N–H and O–H groups in total. The van der Waals surface area contributed by atoms with Crippen molar-refractivity contribution in [3.05, 3.63) is 5.56 Å². The summed E-state index contributed by atoms with van der Waals surface area (Å²) in [5.74, 6) is 0.407. The molecule has 0 aliphatic rings. The quantitative estimate of drug-likeness (QED) is 0.439. The van der Waals surface area contributed by atoms with Crippen LogP contribution < -0.4 is 16.6 Å². The number of hydrogen-bond donors (Lipinski definition) is 3. The molecule has 0 unspecified atom stereocenters. The molecule has 0 radical (unpaired) electrons. The molecular weight excluding hydrogens is 155 g/mol. The number of aromatic amines is 1. The van der Waals surface area contributed by atoms with E-state index in [2.05, 4.69) is 15.5 Å². The summed E-state index contributed by atoms with van der Waals surface area (Å²) in [6, 6.07) is 0. The van der Waals surface area contributed by atoms with E-state index in [1.165, 1.54) is 0 Å². The maximum atomic E-state index is 10.9. The lowest BCUT2D eigenvalue weighted by atomic mass is 10.0. The van der Waals surface area contributed by atoms with Crippen LogP contribution in [0.5, 0.6) is 0 Å². The van der Waals surface area contributed by atoms with E-state index >= 15 is 0 Å². The third-order valence-corrected chi connectivity index (χ3v) is 1.70. The van der Waals surface area contributed by atoms with Crippen molar-refractivity contribution in [3.8, 4) is 0 Å². The molecule has 5 nitrogen and oxygen atoms in total. The smallest absolute Gasteiger partial charge is 0.239 e. The summed E-state index contributed by atoms with van der Waals surface area (Å²) in [5, 5.41) is 9.22. The lowest BCUT2D eigenvalue weighted by molar-refractivity contribution is -0.114. The van der Waals surface area contributed by atoms with Gasteiger partial charge in [0.05, 0.1) is 6.54 Å². The molecule has 0 aliphatic carbocycles. The van der Waals surface area contributed by atoms with E-state index in [0.29, 0.717) is 5.82 Å². The molecular formula is C6H11BN4O. The second-order valence-electron chi connectivity index (χ2n) is 2.56. The Balaban J connectivity index is 2.76. The van der Waals surface area contributed by atoms with Gasteiger partial charge in [-0.3, -0.25) is 9.89 Å². The van der Waals surface area contributed by atoms with Crippen LogP contribution in [-0.4, -0.2) is 30.5 Å². The van der Waals surface area contributed by atoms with Gasteiger partial charge in [-0.2, -0.15) is 5.10 Å². The van der Waals surface area contributed by atoms with Crippen LogP contribution >= 0.6 is 0 Å². The summed E-state index contributed by atoms with van der Waals surface area (Å²) in [4.78, 5) is 10.9. The van der Waals surface area contributed by atoms with Gasteiger partial charge in [0.2, 0.25) is 5.91 Å². The van der Waals surface area contributed by atoms with Gasteiger partial charge in [0.1, 0.15) is 5.82 Å². The molecule has 0 aliphatic heterocycles. The Morgan fingerprint density at radius 1 is 1.83 bits per heavy atom. The number of aromatic nitrogens is 2. The maximum Gasteiger partial charge on any atom is 0.239 e. The fourth-order valence-electron chi connectivity index (χ4n) is 0.801. The van der Waals surface area contributed by atoms with Crippen molar-refractivity contribution < 1.29 is 4.79 Å². The number of anilines is 1. The van der Waals surface area contributed by atoms with Gasteiger partial charge in [0.25, 0.3) is 0 Å². The number of nitrogens with zero attached hydrogens (tertiary/aromatic N) is 1. The molecule has 1 aromatic rings.